The zero-order valence-electron chi connectivity index (χ0n) is 19.4. The van der Waals surface area contributed by atoms with Crippen LogP contribution in [0.15, 0.2) is 101 Å². The molecule has 5 rings (SSSR count). The Morgan fingerprint density at radius 1 is 1.03 bits per heavy atom. The van der Waals surface area contributed by atoms with Gasteiger partial charge >= 0.3 is 5.97 Å². The van der Waals surface area contributed by atoms with Crippen LogP contribution in [-0.4, -0.2) is 39.6 Å². The highest BCUT2D eigenvalue weighted by atomic mass is 32.2. The number of carboxylic acids is 1. The van der Waals surface area contributed by atoms with Crippen molar-refractivity contribution in [2.24, 2.45) is 5.10 Å². The number of anilines is 2. The molecule has 1 aliphatic heterocycles. The molecule has 0 fully saturated rings. The molecule has 2 aliphatic rings. The Labute approximate surface area is 212 Å². The molecule has 36 heavy (non-hydrogen) atoms. The van der Waals surface area contributed by atoms with Crippen LogP contribution in [0.2, 0.25) is 0 Å². The van der Waals surface area contributed by atoms with Gasteiger partial charge in [-0.2, -0.15) is 5.10 Å². The lowest BCUT2D eigenvalue weighted by Gasteiger charge is -2.29. The van der Waals surface area contributed by atoms with Crippen molar-refractivity contribution in [1.29, 1.82) is 0 Å². The quantitative estimate of drug-likeness (QED) is 0.329. The summed E-state index contributed by atoms with van der Waals surface area (Å²) in [5, 5.41) is 24.8. The van der Waals surface area contributed by atoms with Gasteiger partial charge in [0.05, 0.1) is 5.69 Å². The molecule has 0 aromatic heterocycles. The molecule has 0 saturated heterocycles. The van der Waals surface area contributed by atoms with Crippen molar-refractivity contribution in [3.63, 3.8) is 0 Å². The maximum absolute atomic E-state index is 13.5. The molecule has 8 heteroatoms. The summed E-state index contributed by atoms with van der Waals surface area (Å²) in [7, 11) is 0. The molecule has 1 amide bonds. The van der Waals surface area contributed by atoms with Gasteiger partial charge in [-0.05, 0) is 54.3 Å². The molecule has 1 heterocycles. The number of hydrogen-bond donors (Lipinski definition) is 3. The van der Waals surface area contributed by atoms with Crippen LogP contribution < -0.4 is 10.3 Å². The van der Waals surface area contributed by atoms with E-state index >= 15 is 0 Å². The highest BCUT2D eigenvalue weighted by Crippen LogP contribution is 2.37. The van der Waals surface area contributed by atoms with Gasteiger partial charge in [-0.25, -0.2) is 4.79 Å². The van der Waals surface area contributed by atoms with Crippen molar-refractivity contribution in [2.45, 2.75) is 16.9 Å². The normalized spacial score (nSPS) is 19.8. The van der Waals surface area contributed by atoms with Gasteiger partial charge in [0.2, 0.25) is 0 Å². The van der Waals surface area contributed by atoms with Crippen LogP contribution in [0.3, 0.4) is 0 Å². The van der Waals surface area contributed by atoms with Crippen molar-refractivity contribution in [1.82, 2.24) is 5.43 Å². The lowest BCUT2D eigenvalue weighted by molar-refractivity contribution is -0.142. The minimum atomic E-state index is -1.60. The summed E-state index contributed by atoms with van der Waals surface area (Å²) in [6, 6.07) is 21.7. The molecule has 3 N–H and O–H groups in total. The van der Waals surface area contributed by atoms with Crippen molar-refractivity contribution in [2.75, 3.05) is 11.2 Å². The fraction of sp³-hybridized carbons (Fsp3) is 0.107. The van der Waals surface area contributed by atoms with Gasteiger partial charge in [0, 0.05) is 28.1 Å². The van der Waals surface area contributed by atoms with E-state index in [0.717, 1.165) is 4.90 Å². The molecule has 0 spiro atoms. The Bertz CT molecular complexity index is 1450. The second kappa shape index (κ2) is 9.39. The standard InChI is InChI=1S/C28H23N3O4S/c1-36-20-14-12-19(13-15-20)31-23-10-4-2-9-22(23)25(26(31)33)29-30-28(27(34)35)16-6-7-18(17-28)21-8-3-5-11-24(21)32/h2-16,30,32H,17H2,1H3,(H,34,35). The van der Waals surface area contributed by atoms with E-state index in [0.29, 0.717) is 28.1 Å². The smallest absolute Gasteiger partial charge is 0.335 e. The third-order valence-corrected chi connectivity index (χ3v) is 7.03. The number of nitrogens with zero attached hydrogens (tertiary/aromatic N) is 2. The number of para-hydroxylation sites is 2. The molecule has 0 radical (unpaired) electrons. The summed E-state index contributed by atoms with van der Waals surface area (Å²) in [5.74, 6) is -1.43. The van der Waals surface area contributed by atoms with Gasteiger partial charge in [0.25, 0.3) is 5.91 Å². The van der Waals surface area contributed by atoms with Crippen molar-refractivity contribution in [3.8, 4) is 5.75 Å². The van der Waals surface area contributed by atoms with Crippen LogP contribution in [0.5, 0.6) is 5.75 Å². The SMILES string of the molecule is CSc1ccc(N2C(=O)C(=NNC3(C(=O)O)C=CC=C(c4ccccc4O)C3)c3ccccc32)cc1. The van der Waals surface area contributed by atoms with Gasteiger partial charge < -0.3 is 10.2 Å². The predicted octanol–water partition coefficient (Wildman–Crippen LogP) is 4.95. The summed E-state index contributed by atoms with van der Waals surface area (Å²) in [4.78, 5) is 28.6. The zero-order valence-corrected chi connectivity index (χ0v) is 20.2. The summed E-state index contributed by atoms with van der Waals surface area (Å²) < 4.78 is 0. The van der Waals surface area contributed by atoms with E-state index in [1.165, 1.54) is 6.08 Å². The maximum Gasteiger partial charge on any atom is 0.335 e. The number of phenolic OH excluding ortho intramolecular Hbond substituents is 1. The number of phenols is 1. The number of allylic oxidation sites excluding steroid dienone is 2. The molecule has 0 bridgehead atoms. The third kappa shape index (κ3) is 4.05. The fourth-order valence-electron chi connectivity index (χ4n) is 4.40. The van der Waals surface area contributed by atoms with E-state index in [2.05, 4.69) is 10.5 Å². The minimum absolute atomic E-state index is 0.0306. The molecule has 0 saturated carbocycles. The Hall–Kier alpha value is -4.30. The number of benzene rings is 3. The number of hydrazone groups is 1. The number of nitrogens with one attached hydrogen (secondary N) is 1. The molecular weight excluding hydrogens is 474 g/mol. The van der Waals surface area contributed by atoms with Gasteiger partial charge in [-0.1, -0.05) is 48.6 Å². The van der Waals surface area contributed by atoms with E-state index in [9.17, 15) is 19.8 Å². The maximum atomic E-state index is 13.5. The average molecular weight is 498 g/mol. The molecular formula is C28H23N3O4S. The Morgan fingerprint density at radius 2 is 1.72 bits per heavy atom. The number of thioether (sulfide) groups is 1. The van der Waals surface area contributed by atoms with E-state index in [1.54, 1.807) is 59.1 Å². The second-order valence-electron chi connectivity index (χ2n) is 8.45. The monoisotopic (exact) mass is 497 g/mol. The van der Waals surface area contributed by atoms with E-state index < -0.39 is 11.5 Å². The molecule has 3 aromatic rings. The average Bonchev–Trinajstić information content (AvgIpc) is 3.18. The van der Waals surface area contributed by atoms with Crippen LogP contribution in [0.25, 0.3) is 5.57 Å². The number of amides is 1. The molecule has 3 aromatic carbocycles. The molecule has 1 unspecified atom stereocenters. The van der Waals surface area contributed by atoms with E-state index in [1.807, 2.05) is 48.7 Å². The van der Waals surface area contributed by atoms with Crippen molar-refractivity contribution in [3.05, 3.63) is 102 Å². The fourth-order valence-corrected chi connectivity index (χ4v) is 4.81. The predicted molar refractivity (Wildman–Crippen MR) is 142 cm³/mol. The minimum Gasteiger partial charge on any atom is -0.507 e. The first-order chi connectivity index (χ1) is 17.4. The van der Waals surface area contributed by atoms with Gasteiger partial charge in [-0.3, -0.25) is 15.1 Å². The summed E-state index contributed by atoms with van der Waals surface area (Å²) >= 11 is 1.61. The first-order valence-electron chi connectivity index (χ1n) is 11.3. The molecule has 7 nitrogen and oxygen atoms in total. The van der Waals surface area contributed by atoms with Crippen LogP contribution in [0, 0.1) is 0 Å². The largest absolute Gasteiger partial charge is 0.507 e. The molecule has 1 atom stereocenters. The van der Waals surface area contributed by atoms with Crippen LogP contribution in [0.1, 0.15) is 17.5 Å². The summed E-state index contributed by atoms with van der Waals surface area (Å²) in [6.07, 6.45) is 6.91. The number of carboxylic acid groups (broad SMARTS) is 1. The molecule has 1 aliphatic carbocycles. The van der Waals surface area contributed by atoms with Crippen LogP contribution in [0.4, 0.5) is 11.4 Å². The molecule has 180 valence electrons. The second-order valence-corrected chi connectivity index (χ2v) is 9.33. The number of fused-ring (bicyclic) bond motifs is 1. The number of carbonyl (C=O) groups is 2. The number of hydrogen-bond acceptors (Lipinski definition) is 6. The lowest BCUT2D eigenvalue weighted by atomic mass is 9.84. The summed E-state index contributed by atoms with van der Waals surface area (Å²) in [5.41, 5.74) is 4.50. The Balaban J connectivity index is 1.49. The Kier molecular flexibility index (Phi) is 6.12. The number of carbonyl (C=O) groups excluding carboxylic acids is 1. The van der Waals surface area contributed by atoms with E-state index in [4.69, 9.17) is 0 Å². The number of aromatic hydroxyl groups is 1. The number of rotatable bonds is 6. The summed E-state index contributed by atoms with van der Waals surface area (Å²) in [6.45, 7) is 0. The highest BCUT2D eigenvalue weighted by molar-refractivity contribution is 7.98. The van der Waals surface area contributed by atoms with Crippen molar-refractivity contribution < 1.29 is 19.8 Å². The van der Waals surface area contributed by atoms with Gasteiger partial charge in [-0.15, -0.1) is 11.8 Å². The van der Waals surface area contributed by atoms with Crippen LogP contribution in [-0.2, 0) is 9.59 Å². The topological polar surface area (TPSA) is 102 Å². The Morgan fingerprint density at radius 3 is 2.42 bits per heavy atom. The van der Waals surface area contributed by atoms with Gasteiger partial charge in [0.15, 0.2) is 11.3 Å². The number of aliphatic carboxylic acids is 1. The first-order valence-corrected chi connectivity index (χ1v) is 12.5. The lowest BCUT2D eigenvalue weighted by Crippen LogP contribution is -2.49. The zero-order chi connectivity index (χ0) is 25.3. The van der Waals surface area contributed by atoms with Crippen LogP contribution >= 0.6 is 11.8 Å². The first kappa shape index (κ1) is 23.4. The third-order valence-electron chi connectivity index (χ3n) is 6.28. The van der Waals surface area contributed by atoms with E-state index in [-0.39, 0.29) is 23.8 Å². The van der Waals surface area contributed by atoms with Crippen molar-refractivity contribution >= 4 is 46.3 Å². The van der Waals surface area contributed by atoms with Gasteiger partial charge in [0.1, 0.15) is 5.75 Å². The highest BCUT2D eigenvalue weighted by Gasteiger charge is 2.41.